The Bertz CT molecular complexity index is 447. The lowest BCUT2D eigenvalue weighted by Gasteiger charge is -2.28. The molecule has 1 amide bonds. The molecule has 1 aliphatic heterocycles. The van der Waals surface area contributed by atoms with E-state index in [0.717, 1.165) is 17.8 Å². The molecule has 1 N–H and O–H groups in total. The summed E-state index contributed by atoms with van der Waals surface area (Å²) in [6.07, 6.45) is 0.422. The number of aliphatic hydroxyl groups is 1. The summed E-state index contributed by atoms with van der Waals surface area (Å²) in [5.41, 5.74) is 1.92. The molecule has 1 heterocycles. The highest BCUT2D eigenvalue weighted by Gasteiger charge is 2.20. The zero-order valence-electron chi connectivity index (χ0n) is 12.1. The Morgan fingerprint density at radius 3 is 2.70 bits per heavy atom. The van der Waals surface area contributed by atoms with Gasteiger partial charge in [0.05, 0.1) is 12.7 Å². The molecule has 5 nitrogen and oxygen atoms in total. The lowest BCUT2D eigenvalue weighted by molar-refractivity contribution is -0.125. The van der Waals surface area contributed by atoms with Crippen molar-refractivity contribution in [2.45, 2.75) is 19.4 Å². The van der Waals surface area contributed by atoms with Crippen molar-refractivity contribution in [2.24, 2.45) is 0 Å². The maximum Gasteiger partial charge on any atom is 0.253 e. The number of morpholine rings is 1. The van der Waals surface area contributed by atoms with Gasteiger partial charge in [0.25, 0.3) is 5.91 Å². The van der Waals surface area contributed by atoms with Gasteiger partial charge >= 0.3 is 0 Å². The van der Waals surface area contributed by atoms with Crippen LogP contribution in [-0.4, -0.2) is 50.5 Å². The monoisotopic (exact) mass is 278 g/mol. The Kier molecular flexibility index (Phi) is 4.98. The van der Waals surface area contributed by atoms with E-state index in [0.29, 0.717) is 19.7 Å². The van der Waals surface area contributed by atoms with Gasteiger partial charge in [0, 0.05) is 31.5 Å². The number of rotatable bonds is 5. The first-order valence-electron chi connectivity index (χ1n) is 6.99. The number of aliphatic hydroxyl groups excluding tert-OH is 1. The predicted molar refractivity (Wildman–Crippen MR) is 79.2 cm³/mol. The standard InChI is InChI=1S/C15H22N2O3/c1-3-14(18)10-16(2)12-4-6-13(7-5-12)17-8-9-20-11-15(17)19/h4-7,14,18H,3,8-11H2,1-2H3/t14-/m0/s1. The van der Waals surface area contributed by atoms with Gasteiger partial charge in [-0.1, -0.05) is 6.92 Å². The van der Waals surface area contributed by atoms with E-state index >= 15 is 0 Å². The number of hydrogen-bond acceptors (Lipinski definition) is 4. The van der Waals surface area contributed by atoms with E-state index in [1.165, 1.54) is 0 Å². The molecule has 2 rings (SSSR count). The van der Waals surface area contributed by atoms with Crippen molar-refractivity contribution in [1.82, 2.24) is 0 Å². The van der Waals surface area contributed by atoms with Crippen molar-refractivity contribution in [3.05, 3.63) is 24.3 Å². The van der Waals surface area contributed by atoms with Gasteiger partial charge in [-0.15, -0.1) is 0 Å². The van der Waals surface area contributed by atoms with Gasteiger partial charge in [-0.05, 0) is 30.7 Å². The van der Waals surface area contributed by atoms with Gasteiger partial charge < -0.3 is 19.6 Å². The molecule has 110 valence electrons. The second-order valence-corrected chi connectivity index (χ2v) is 5.06. The van der Waals surface area contributed by atoms with Crippen LogP contribution in [0.5, 0.6) is 0 Å². The fourth-order valence-corrected chi connectivity index (χ4v) is 2.23. The fraction of sp³-hybridized carbons (Fsp3) is 0.533. The average molecular weight is 278 g/mol. The number of carbonyl (C=O) groups is 1. The first kappa shape index (κ1) is 14.8. The average Bonchev–Trinajstić information content (AvgIpc) is 2.47. The number of amides is 1. The van der Waals surface area contributed by atoms with Crippen molar-refractivity contribution < 1.29 is 14.6 Å². The van der Waals surface area contributed by atoms with Crippen LogP contribution in [0.4, 0.5) is 11.4 Å². The van der Waals surface area contributed by atoms with Crippen LogP contribution in [0.1, 0.15) is 13.3 Å². The molecule has 0 unspecified atom stereocenters. The normalized spacial score (nSPS) is 17.1. The van der Waals surface area contributed by atoms with Crippen molar-refractivity contribution in [3.63, 3.8) is 0 Å². The van der Waals surface area contributed by atoms with Crippen LogP contribution in [-0.2, 0) is 9.53 Å². The van der Waals surface area contributed by atoms with Gasteiger partial charge in [-0.2, -0.15) is 0 Å². The summed E-state index contributed by atoms with van der Waals surface area (Å²) in [6, 6.07) is 7.82. The van der Waals surface area contributed by atoms with E-state index in [2.05, 4.69) is 0 Å². The minimum Gasteiger partial charge on any atom is -0.391 e. The van der Waals surface area contributed by atoms with Gasteiger partial charge in [-0.25, -0.2) is 0 Å². The molecule has 1 aromatic rings. The van der Waals surface area contributed by atoms with Gasteiger partial charge in [0.2, 0.25) is 0 Å². The summed E-state index contributed by atoms with van der Waals surface area (Å²) in [5.74, 6) is -0.00115. The molecule has 0 bridgehead atoms. The van der Waals surface area contributed by atoms with Gasteiger partial charge in [-0.3, -0.25) is 4.79 Å². The molecule has 1 atom stereocenters. The minimum absolute atomic E-state index is 0.00115. The Morgan fingerprint density at radius 1 is 1.40 bits per heavy atom. The van der Waals surface area contributed by atoms with Crippen molar-refractivity contribution in [3.8, 4) is 0 Å². The Balaban J connectivity index is 2.03. The van der Waals surface area contributed by atoms with Crippen LogP contribution in [0.25, 0.3) is 0 Å². The molecule has 1 aliphatic rings. The Labute approximate surface area is 119 Å². The first-order valence-corrected chi connectivity index (χ1v) is 6.99. The SMILES string of the molecule is CC[C@H](O)CN(C)c1ccc(N2CCOCC2=O)cc1. The van der Waals surface area contributed by atoms with E-state index in [4.69, 9.17) is 4.74 Å². The molecule has 1 saturated heterocycles. The third-order valence-corrected chi connectivity index (χ3v) is 3.54. The minimum atomic E-state index is -0.319. The largest absolute Gasteiger partial charge is 0.391 e. The number of likely N-dealkylation sites (N-methyl/N-ethyl adjacent to an activating group) is 1. The molecule has 0 saturated carbocycles. The summed E-state index contributed by atoms with van der Waals surface area (Å²) in [5, 5.41) is 9.67. The van der Waals surface area contributed by atoms with Crippen LogP contribution in [0.15, 0.2) is 24.3 Å². The molecule has 1 aromatic carbocycles. The topological polar surface area (TPSA) is 53.0 Å². The second kappa shape index (κ2) is 6.72. The zero-order valence-corrected chi connectivity index (χ0v) is 12.1. The lowest BCUT2D eigenvalue weighted by Crippen LogP contribution is -2.41. The van der Waals surface area contributed by atoms with Crippen LogP contribution >= 0.6 is 0 Å². The molecule has 20 heavy (non-hydrogen) atoms. The molecule has 0 aromatic heterocycles. The molecular weight excluding hydrogens is 256 g/mol. The van der Waals surface area contributed by atoms with Crippen LogP contribution in [0.2, 0.25) is 0 Å². The number of anilines is 2. The maximum absolute atomic E-state index is 11.8. The Hall–Kier alpha value is -1.59. The summed E-state index contributed by atoms with van der Waals surface area (Å²) < 4.78 is 5.12. The van der Waals surface area contributed by atoms with Crippen molar-refractivity contribution >= 4 is 17.3 Å². The number of hydrogen-bond donors (Lipinski definition) is 1. The van der Waals surface area contributed by atoms with E-state index in [1.807, 2.05) is 43.1 Å². The highest BCUT2D eigenvalue weighted by molar-refractivity contribution is 5.95. The second-order valence-electron chi connectivity index (χ2n) is 5.06. The molecule has 0 radical (unpaired) electrons. The maximum atomic E-state index is 11.8. The quantitative estimate of drug-likeness (QED) is 0.881. The highest BCUT2D eigenvalue weighted by atomic mass is 16.5. The molecule has 0 aliphatic carbocycles. The third-order valence-electron chi connectivity index (χ3n) is 3.54. The van der Waals surface area contributed by atoms with Crippen LogP contribution in [0, 0.1) is 0 Å². The summed E-state index contributed by atoms with van der Waals surface area (Å²) >= 11 is 0. The third kappa shape index (κ3) is 3.49. The lowest BCUT2D eigenvalue weighted by atomic mass is 10.2. The number of nitrogens with zero attached hydrogens (tertiary/aromatic N) is 2. The highest BCUT2D eigenvalue weighted by Crippen LogP contribution is 2.21. The van der Waals surface area contributed by atoms with Gasteiger partial charge in [0.15, 0.2) is 0 Å². The molecule has 5 heteroatoms. The van der Waals surface area contributed by atoms with Gasteiger partial charge in [0.1, 0.15) is 6.61 Å². The van der Waals surface area contributed by atoms with E-state index in [1.54, 1.807) is 4.90 Å². The number of ether oxygens (including phenoxy) is 1. The van der Waals surface area contributed by atoms with E-state index < -0.39 is 0 Å². The molecule has 0 spiro atoms. The van der Waals surface area contributed by atoms with E-state index in [9.17, 15) is 9.90 Å². The van der Waals surface area contributed by atoms with Crippen LogP contribution < -0.4 is 9.80 Å². The van der Waals surface area contributed by atoms with Crippen molar-refractivity contribution in [1.29, 1.82) is 0 Å². The fourth-order valence-electron chi connectivity index (χ4n) is 2.23. The predicted octanol–water partition coefficient (Wildman–Crippen LogP) is 1.26. The molecular formula is C15H22N2O3. The Morgan fingerprint density at radius 2 is 2.10 bits per heavy atom. The number of benzene rings is 1. The zero-order chi connectivity index (χ0) is 14.5. The number of carbonyl (C=O) groups excluding carboxylic acids is 1. The summed E-state index contributed by atoms with van der Waals surface area (Å²) in [6.45, 7) is 3.90. The van der Waals surface area contributed by atoms with Crippen LogP contribution in [0.3, 0.4) is 0 Å². The first-order chi connectivity index (χ1) is 9.61. The molecule has 1 fully saturated rings. The summed E-state index contributed by atoms with van der Waals surface area (Å²) in [7, 11) is 1.95. The van der Waals surface area contributed by atoms with Crippen molar-refractivity contribution in [2.75, 3.05) is 43.2 Å². The summed E-state index contributed by atoms with van der Waals surface area (Å²) in [4.78, 5) is 15.5. The van der Waals surface area contributed by atoms with E-state index in [-0.39, 0.29) is 18.6 Å². The smallest absolute Gasteiger partial charge is 0.253 e.